The summed E-state index contributed by atoms with van der Waals surface area (Å²) in [4.78, 5) is 10.8. The highest BCUT2D eigenvalue weighted by atomic mass is 16.5. The largest absolute Gasteiger partial charge is 0.493 e. The second kappa shape index (κ2) is 5.36. The Hall–Kier alpha value is -1.55. The summed E-state index contributed by atoms with van der Waals surface area (Å²) in [6.07, 6.45) is 0.268. The molecule has 0 unspecified atom stereocenters. The van der Waals surface area contributed by atoms with Gasteiger partial charge in [0.1, 0.15) is 5.75 Å². The lowest BCUT2D eigenvalue weighted by atomic mass is 10.1. The summed E-state index contributed by atoms with van der Waals surface area (Å²) in [5, 5.41) is 0. The SMILES string of the molecule is Cc1ccc(C)c(OCCC(=O)NN)c1. The fourth-order valence-electron chi connectivity index (χ4n) is 1.19. The molecule has 3 N–H and O–H groups in total. The average Bonchev–Trinajstić information content (AvgIpc) is 2.23. The van der Waals surface area contributed by atoms with E-state index >= 15 is 0 Å². The van der Waals surface area contributed by atoms with Crippen LogP contribution in [-0.4, -0.2) is 12.5 Å². The number of nitrogens with one attached hydrogen (secondary N) is 1. The molecular weight excluding hydrogens is 192 g/mol. The van der Waals surface area contributed by atoms with E-state index in [1.807, 2.05) is 32.0 Å². The lowest BCUT2D eigenvalue weighted by Crippen LogP contribution is -2.31. The predicted octanol–water partition coefficient (Wildman–Crippen LogP) is 1.06. The Morgan fingerprint density at radius 3 is 2.87 bits per heavy atom. The Balaban J connectivity index is 2.50. The van der Waals surface area contributed by atoms with E-state index in [2.05, 4.69) is 5.43 Å². The van der Waals surface area contributed by atoms with E-state index in [-0.39, 0.29) is 12.3 Å². The summed E-state index contributed by atoms with van der Waals surface area (Å²) in [5.41, 5.74) is 4.26. The number of carbonyl (C=O) groups excluding carboxylic acids is 1. The van der Waals surface area contributed by atoms with Crippen molar-refractivity contribution in [1.29, 1.82) is 0 Å². The van der Waals surface area contributed by atoms with Gasteiger partial charge < -0.3 is 4.74 Å². The molecule has 1 rings (SSSR count). The molecule has 0 aliphatic carbocycles. The van der Waals surface area contributed by atoms with E-state index in [0.29, 0.717) is 6.61 Å². The molecule has 0 aliphatic heterocycles. The highest BCUT2D eigenvalue weighted by molar-refractivity contribution is 5.75. The number of hydrogen-bond donors (Lipinski definition) is 2. The van der Waals surface area contributed by atoms with Gasteiger partial charge in [-0.1, -0.05) is 12.1 Å². The molecule has 0 atom stereocenters. The van der Waals surface area contributed by atoms with Crippen molar-refractivity contribution >= 4 is 5.91 Å². The predicted molar refractivity (Wildman–Crippen MR) is 58.4 cm³/mol. The molecule has 82 valence electrons. The topological polar surface area (TPSA) is 64.3 Å². The summed E-state index contributed by atoms with van der Waals surface area (Å²) in [5.74, 6) is 5.55. The first-order chi connectivity index (χ1) is 7.13. The van der Waals surface area contributed by atoms with Crippen molar-refractivity contribution < 1.29 is 9.53 Å². The number of hydrazine groups is 1. The lowest BCUT2D eigenvalue weighted by molar-refractivity contribution is -0.121. The molecule has 0 bridgehead atoms. The average molecular weight is 208 g/mol. The van der Waals surface area contributed by atoms with Crippen molar-refractivity contribution in [1.82, 2.24) is 5.43 Å². The summed E-state index contributed by atoms with van der Waals surface area (Å²) < 4.78 is 5.47. The number of ether oxygens (including phenoxy) is 1. The van der Waals surface area contributed by atoms with Crippen LogP contribution in [0.3, 0.4) is 0 Å². The molecular formula is C11H16N2O2. The van der Waals surface area contributed by atoms with Gasteiger partial charge >= 0.3 is 0 Å². The van der Waals surface area contributed by atoms with Crippen LogP contribution in [0.1, 0.15) is 17.5 Å². The normalized spacial score (nSPS) is 9.80. The van der Waals surface area contributed by atoms with Gasteiger partial charge in [0, 0.05) is 0 Å². The van der Waals surface area contributed by atoms with Crippen LogP contribution < -0.4 is 16.0 Å². The molecule has 0 aliphatic rings. The number of benzene rings is 1. The maximum atomic E-state index is 10.8. The van der Waals surface area contributed by atoms with Gasteiger partial charge in [0.15, 0.2) is 0 Å². The third-order valence-corrected chi connectivity index (χ3v) is 2.09. The van der Waals surface area contributed by atoms with Crippen LogP contribution in [0.2, 0.25) is 0 Å². The van der Waals surface area contributed by atoms with E-state index in [1.165, 1.54) is 0 Å². The first kappa shape index (κ1) is 11.5. The molecule has 1 aromatic carbocycles. The quantitative estimate of drug-likeness (QED) is 0.442. The zero-order valence-corrected chi connectivity index (χ0v) is 9.04. The minimum absolute atomic E-state index is 0.222. The molecule has 0 aromatic heterocycles. The van der Waals surface area contributed by atoms with Crippen LogP contribution in [0.4, 0.5) is 0 Å². The fraction of sp³-hybridized carbons (Fsp3) is 0.364. The van der Waals surface area contributed by atoms with Crippen LogP contribution in [0.5, 0.6) is 5.75 Å². The Kier molecular flexibility index (Phi) is 4.12. The Bertz CT molecular complexity index is 350. The molecule has 0 heterocycles. The minimum atomic E-state index is -0.222. The molecule has 0 saturated heterocycles. The number of rotatable bonds is 4. The van der Waals surface area contributed by atoms with Crippen LogP contribution >= 0.6 is 0 Å². The monoisotopic (exact) mass is 208 g/mol. The molecule has 1 amide bonds. The molecule has 0 fully saturated rings. The van der Waals surface area contributed by atoms with E-state index in [9.17, 15) is 4.79 Å². The third kappa shape index (κ3) is 3.59. The van der Waals surface area contributed by atoms with Crippen molar-refractivity contribution in [2.75, 3.05) is 6.61 Å². The number of hydrogen-bond acceptors (Lipinski definition) is 3. The Morgan fingerprint density at radius 1 is 1.47 bits per heavy atom. The summed E-state index contributed by atoms with van der Waals surface area (Å²) in [7, 11) is 0. The first-order valence-electron chi connectivity index (χ1n) is 4.83. The molecule has 0 saturated carbocycles. The highest BCUT2D eigenvalue weighted by Crippen LogP contribution is 2.18. The van der Waals surface area contributed by atoms with E-state index in [1.54, 1.807) is 0 Å². The standard InChI is InChI=1S/C11H16N2O2/c1-8-3-4-9(2)10(7-8)15-6-5-11(14)13-12/h3-4,7H,5-6,12H2,1-2H3,(H,13,14). The molecule has 0 spiro atoms. The van der Waals surface area contributed by atoms with Gasteiger partial charge in [-0.3, -0.25) is 10.2 Å². The second-order valence-corrected chi connectivity index (χ2v) is 3.43. The van der Waals surface area contributed by atoms with Crippen LogP contribution in [0.25, 0.3) is 0 Å². The molecule has 15 heavy (non-hydrogen) atoms. The van der Waals surface area contributed by atoms with Crippen molar-refractivity contribution in [2.24, 2.45) is 5.84 Å². The van der Waals surface area contributed by atoms with Gasteiger partial charge in [0.2, 0.25) is 5.91 Å². The maximum absolute atomic E-state index is 10.8. The van der Waals surface area contributed by atoms with Gasteiger partial charge in [-0.25, -0.2) is 5.84 Å². The summed E-state index contributed by atoms with van der Waals surface area (Å²) >= 11 is 0. The van der Waals surface area contributed by atoms with Gasteiger partial charge in [-0.15, -0.1) is 0 Å². The lowest BCUT2D eigenvalue weighted by Gasteiger charge is -2.09. The molecule has 1 aromatic rings. The van der Waals surface area contributed by atoms with E-state index in [4.69, 9.17) is 10.6 Å². The number of aryl methyl sites for hydroxylation is 2. The first-order valence-corrected chi connectivity index (χ1v) is 4.83. The molecule has 0 radical (unpaired) electrons. The third-order valence-electron chi connectivity index (χ3n) is 2.09. The Morgan fingerprint density at radius 2 is 2.20 bits per heavy atom. The zero-order valence-electron chi connectivity index (χ0n) is 9.04. The maximum Gasteiger partial charge on any atom is 0.237 e. The number of nitrogens with two attached hydrogens (primary N) is 1. The summed E-state index contributed by atoms with van der Waals surface area (Å²) in [6.45, 7) is 4.31. The Labute approximate surface area is 89.4 Å². The number of amides is 1. The van der Waals surface area contributed by atoms with Crippen molar-refractivity contribution in [3.8, 4) is 5.75 Å². The van der Waals surface area contributed by atoms with E-state index < -0.39 is 0 Å². The van der Waals surface area contributed by atoms with Gasteiger partial charge in [-0.2, -0.15) is 0 Å². The van der Waals surface area contributed by atoms with Crippen molar-refractivity contribution in [2.45, 2.75) is 20.3 Å². The van der Waals surface area contributed by atoms with Gasteiger partial charge in [0.05, 0.1) is 13.0 Å². The van der Waals surface area contributed by atoms with Gasteiger partial charge in [-0.05, 0) is 31.0 Å². The highest BCUT2D eigenvalue weighted by Gasteiger charge is 2.02. The fourth-order valence-corrected chi connectivity index (χ4v) is 1.19. The van der Waals surface area contributed by atoms with Crippen LogP contribution in [0.15, 0.2) is 18.2 Å². The van der Waals surface area contributed by atoms with E-state index in [0.717, 1.165) is 16.9 Å². The van der Waals surface area contributed by atoms with Crippen LogP contribution in [0, 0.1) is 13.8 Å². The van der Waals surface area contributed by atoms with Crippen molar-refractivity contribution in [3.63, 3.8) is 0 Å². The zero-order chi connectivity index (χ0) is 11.3. The van der Waals surface area contributed by atoms with Gasteiger partial charge in [0.25, 0.3) is 0 Å². The minimum Gasteiger partial charge on any atom is -0.493 e. The molecule has 4 nitrogen and oxygen atoms in total. The molecule has 4 heteroatoms. The van der Waals surface area contributed by atoms with Crippen LogP contribution in [-0.2, 0) is 4.79 Å². The summed E-state index contributed by atoms with van der Waals surface area (Å²) in [6, 6.07) is 5.97. The second-order valence-electron chi connectivity index (χ2n) is 3.43. The number of carbonyl (C=O) groups is 1. The van der Waals surface area contributed by atoms with Crippen molar-refractivity contribution in [3.05, 3.63) is 29.3 Å². The smallest absolute Gasteiger partial charge is 0.237 e.